The van der Waals surface area contributed by atoms with E-state index in [1.807, 2.05) is 6.07 Å². The third-order valence-corrected chi connectivity index (χ3v) is 4.49. The van der Waals surface area contributed by atoms with Gasteiger partial charge >= 0.3 is 0 Å². The number of likely N-dealkylation sites (tertiary alicyclic amines) is 1. The first-order valence-corrected chi connectivity index (χ1v) is 8.96. The first-order chi connectivity index (χ1) is 11.7. The zero-order chi connectivity index (χ0) is 16.8. The number of H-pyrrole nitrogens is 1. The Morgan fingerprint density at radius 2 is 2.08 bits per heavy atom. The lowest BCUT2D eigenvalue weighted by atomic mass is 10.1. The van der Waals surface area contributed by atoms with Crippen LogP contribution in [0.25, 0.3) is 0 Å². The smallest absolute Gasteiger partial charge is 0.209 e. The van der Waals surface area contributed by atoms with Crippen molar-refractivity contribution in [2.75, 3.05) is 19.7 Å². The van der Waals surface area contributed by atoms with E-state index < -0.39 is 0 Å². The van der Waals surface area contributed by atoms with Gasteiger partial charge in [-0.3, -0.25) is 4.90 Å². The Balaban J connectivity index is 1.50. The molecule has 2 heterocycles. The van der Waals surface area contributed by atoms with E-state index in [1.165, 1.54) is 11.1 Å². The fraction of sp³-hybridized carbons (Fsp3) is 0.526. The van der Waals surface area contributed by atoms with Crippen LogP contribution < -0.4 is 10.5 Å². The summed E-state index contributed by atoms with van der Waals surface area (Å²) in [6, 6.07) is 11.2. The fourth-order valence-corrected chi connectivity index (χ4v) is 3.07. The largest absolute Gasteiger partial charge is 0.478 e. The Bertz CT molecular complexity index is 623. The van der Waals surface area contributed by atoms with Crippen LogP contribution in [0.5, 0.6) is 5.88 Å². The molecule has 5 heteroatoms. The van der Waals surface area contributed by atoms with Crippen LogP contribution in [-0.2, 0) is 13.0 Å². The molecule has 2 aromatic rings. The molecular formula is C19H28N4O. The van der Waals surface area contributed by atoms with Crippen molar-refractivity contribution in [2.45, 2.75) is 45.2 Å². The SMILES string of the molecule is CCCCOc1cc(Cc2ccc(CN3CCC(N)C3)cc2)n[nH]1. The summed E-state index contributed by atoms with van der Waals surface area (Å²) in [7, 11) is 0. The van der Waals surface area contributed by atoms with Crippen molar-refractivity contribution >= 4 is 0 Å². The molecule has 24 heavy (non-hydrogen) atoms. The van der Waals surface area contributed by atoms with Gasteiger partial charge in [-0.25, -0.2) is 5.10 Å². The standard InChI is InChI=1S/C19H28N4O/c1-2-3-10-24-19-12-18(21-22-19)11-15-4-6-16(7-5-15)13-23-9-8-17(20)14-23/h4-7,12,17H,2-3,8-11,13-14,20H2,1H3,(H,21,22). The minimum absolute atomic E-state index is 0.345. The van der Waals surface area contributed by atoms with Gasteiger partial charge in [0.25, 0.3) is 0 Å². The molecule has 1 fully saturated rings. The third-order valence-electron chi connectivity index (χ3n) is 4.49. The molecule has 130 valence electrons. The van der Waals surface area contributed by atoms with Crippen LogP contribution in [0.1, 0.15) is 43.0 Å². The molecule has 1 aliphatic rings. The number of nitrogens with one attached hydrogen (secondary N) is 1. The second-order valence-electron chi connectivity index (χ2n) is 6.70. The molecule has 1 aromatic heterocycles. The van der Waals surface area contributed by atoms with Crippen molar-refractivity contribution in [3.8, 4) is 5.88 Å². The molecular weight excluding hydrogens is 300 g/mol. The fourth-order valence-electron chi connectivity index (χ4n) is 3.07. The lowest BCUT2D eigenvalue weighted by molar-refractivity contribution is 0.297. The number of benzene rings is 1. The Hall–Kier alpha value is -1.85. The van der Waals surface area contributed by atoms with Crippen molar-refractivity contribution < 1.29 is 4.74 Å². The van der Waals surface area contributed by atoms with Crippen LogP contribution in [0.15, 0.2) is 30.3 Å². The molecule has 1 aromatic carbocycles. The number of aromatic nitrogens is 2. The number of nitrogens with two attached hydrogens (primary N) is 1. The molecule has 3 rings (SSSR count). The summed E-state index contributed by atoms with van der Waals surface area (Å²) in [5.74, 6) is 0.764. The van der Waals surface area contributed by atoms with Crippen LogP contribution in [-0.4, -0.2) is 40.8 Å². The first kappa shape index (κ1) is 17.0. The maximum absolute atomic E-state index is 5.97. The number of unbranched alkanes of at least 4 members (excludes halogenated alkanes) is 1. The van der Waals surface area contributed by atoms with Crippen LogP contribution in [0.2, 0.25) is 0 Å². The number of hydrogen-bond donors (Lipinski definition) is 2. The van der Waals surface area contributed by atoms with E-state index in [9.17, 15) is 0 Å². The number of ether oxygens (including phenoxy) is 1. The molecule has 0 spiro atoms. The van der Waals surface area contributed by atoms with Gasteiger partial charge in [0.15, 0.2) is 0 Å². The zero-order valence-electron chi connectivity index (χ0n) is 14.5. The van der Waals surface area contributed by atoms with E-state index in [0.717, 1.165) is 63.5 Å². The highest BCUT2D eigenvalue weighted by molar-refractivity contribution is 5.27. The summed E-state index contributed by atoms with van der Waals surface area (Å²) in [4.78, 5) is 2.42. The summed E-state index contributed by atoms with van der Waals surface area (Å²) in [5.41, 5.74) is 9.59. The molecule has 0 aliphatic carbocycles. The highest BCUT2D eigenvalue weighted by Crippen LogP contribution is 2.16. The summed E-state index contributed by atoms with van der Waals surface area (Å²) in [5, 5.41) is 7.29. The van der Waals surface area contributed by atoms with E-state index in [4.69, 9.17) is 10.5 Å². The lowest BCUT2D eigenvalue weighted by Gasteiger charge is -2.15. The summed E-state index contributed by atoms with van der Waals surface area (Å²) in [6.07, 6.45) is 4.14. The van der Waals surface area contributed by atoms with Gasteiger partial charge in [-0.15, -0.1) is 0 Å². The van der Waals surface area contributed by atoms with E-state index >= 15 is 0 Å². The van der Waals surface area contributed by atoms with Crippen LogP contribution >= 0.6 is 0 Å². The van der Waals surface area contributed by atoms with Gasteiger partial charge in [0, 0.05) is 38.2 Å². The van der Waals surface area contributed by atoms with Crippen molar-refractivity contribution in [2.24, 2.45) is 5.73 Å². The van der Waals surface area contributed by atoms with Gasteiger partial charge in [0.1, 0.15) is 0 Å². The second-order valence-corrected chi connectivity index (χ2v) is 6.70. The second kappa shape index (κ2) is 8.31. The van der Waals surface area contributed by atoms with Crippen LogP contribution in [0.3, 0.4) is 0 Å². The van der Waals surface area contributed by atoms with Gasteiger partial charge in [-0.1, -0.05) is 37.6 Å². The van der Waals surface area contributed by atoms with E-state index in [1.54, 1.807) is 0 Å². The molecule has 0 radical (unpaired) electrons. The topological polar surface area (TPSA) is 67.2 Å². The number of nitrogens with zero attached hydrogens (tertiary/aromatic N) is 2. The third kappa shape index (κ3) is 4.82. The van der Waals surface area contributed by atoms with Gasteiger partial charge in [-0.2, -0.15) is 5.10 Å². The van der Waals surface area contributed by atoms with Crippen molar-refractivity contribution in [1.82, 2.24) is 15.1 Å². The highest BCUT2D eigenvalue weighted by Gasteiger charge is 2.18. The predicted molar refractivity (Wildman–Crippen MR) is 96.1 cm³/mol. The van der Waals surface area contributed by atoms with Crippen molar-refractivity contribution in [3.63, 3.8) is 0 Å². The number of rotatable bonds is 8. The lowest BCUT2D eigenvalue weighted by Crippen LogP contribution is -2.26. The van der Waals surface area contributed by atoms with E-state index in [0.29, 0.717) is 6.04 Å². The number of hydrogen-bond acceptors (Lipinski definition) is 4. The Kier molecular flexibility index (Phi) is 5.88. The van der Waals surface area contributed by atoms with Gasteiger partial charge in [0.2, 0.25) is 5.88 Å². The Labute approximate surface area is 144 Å². The quantitative estimate of drug-likeness (QED) is 0.731. The average molecular weight is 328 g/mol. The minimum Gasteiger partial charge on any atom is -0.478 e. The molecule has 1 aliphatic heterocycles. The first-order valence-electron chi connectivity index (χ1n) is 8.96. The van der Waals surface area contributed by atoms with Crippen LogP contribution in [0.4, 0.5) is 0 Å². The molecule has 5 nitrogen and oxygen atoms in total. The average Bonchev–Trinajstić information content (AvgIpc) is 3.19. The molecule has 1 saturated heterocycles. The van der Waals surface area contributed by atoms with E-state index in [-0.39, 0.29) is 0 Å². The molecule has 0 amide bonds. The number of aromatic amines is 1. The monoisotopic (exact) mass is 328 g/mol. The summed E-state index contributed by atoms with van der Waals surface area (Å²) < 4.78 is 5.63. The summed E-state index contributed by atoms with van der Waals surface area (Å²) in [6.45, 7) is 6.01. The highest BCUT2D eigenvalue weighted by atomic mass is 16.5. The van der Waals surface area contributed by atoms with E-state index in [2.05, 4.69) is 46.3 Å². The molecule has 1 atom stereocenters. The Morgan fingerprint density at radius 1 is 1.29 bits per heavy atom. The maximum Gasteiger partial charge on any atom is 0.209 e. The molecule has 1 unspecified atom stereocenters. The Morgan fingerprint density at radius 3 is 2.79 bits per heavy atom. The molecule has 0 saturated carbocycles. The van der Waals surface area contributed by atoms with Gasteiger partial charge in [0.05, 0.1) is 12.3 Å². The minimum atomic E-state index is 0.345. The zero-order valence-corrected chi connectivity index (χ0v) is 14.5. The van der Waals surface area contributed by atoms with Gasteiger partial charge < -0.3 is 10.5 Å². The van der Waals surface area contributed by atoms with Crippen molar-refractivity contribution in [1.29, 1.82) is 0 Å². The molecule has 3 N–H and O–H groups in total. The predicted octanol–water partition coefficient (Wildman–Crippen LogP) is 2.71. The molecule has 0 bridgehead atoms. The van der Waals surface area contributed by atoms with Crippen molar-refractivity contribution in [3.05, 3.63) is 47.2 Å². The normalized spacial score (nSPS) is 18.2. The van der Waals surface area contributed by atoms with Gasteiger partial charge in [-0.05, 0) is 24.0 Å². The van der Waals surface area contributed by atoms with Crippen LogP contribution in [0, 0.1) is 0 Å². The maximum atomic E-state index is 5.97. The summed E-state index contributed by atoms with van der Waals surface area (Å²) >= 11 is 0.